The molecule has 0 aliphatic rings. The van der Waals surface area contributed by atoms with E-state index in [9.17, 15) is 13.2 Å². The Morgan fingerprint density at radius 1 is 1.05 bits per heavy atom. The molecule has 3 nitrogen and oxygen atoms in total. The third-order valence-electron chi connectivity index (χ3n) is 2.57. The SMILES string of the molecule is NN=Cc1ccc(COc2cc(F)c(F)c(F)c2)cc1. The van der Waals surface area contributed by atoms with Crippen LogP contribution in [0.1, 0.15) is 11.1 Å². The van der Waals surface area contributed by atoms with Crippen LogP contribution in [0, 0.1) is 17.5 Å². The summed E-state index contributed by atoms with van der Waals surface area (Å²) in [5.74, 6) is 0.865. The molecule has 2 aromatic rings. The molecule has 0 radical (unpaired) electrons. The predicted molar refractivity (Wildman–Crippen MR) is 68.9 cm³/mol. The van der Waals surface area contributed by atoms with Crippen LogP contribution in [0.15, 0.2) is 41.5 Å². The van der Waals surface area contributed by atoms with Crippen LogP contribution in [-0.2, 0) is 6.61 Å². The van der Waals surface area contributed by atoms with E-state index < -0.39 is 17.5 Å². The number of ether oxygens (including phenoxy) is 1. The maximum atomic E-state index is 13.0. The summed E-state index contributed by atoms with van der Waals surface area (Å²) in [4.78, 5) is 0. The molecule has 2 N–H and O–H groups in total. The second-order valence-electron chi connectivity index (χ2n) is 4.01. The Hall–Kier alpha value is -2.50. The van der Waals surface area contributed by atoms with Crippen molar-refractivity contribution < 1.29 is 17.9 Å². The Balaban J connectivity index is 2.05. The van der Waals surface area contributed by atoms with Gasteiger partial charge in [-0.3, -0.25) is 0 Å². The molecule has 2 rings (SSSR count). The zero-order valence-electron chi connectivity index (χ0n) is 10.3. The van der Waals surface area contributed by atoms with Gasteiger partial charge < -0.3 is 10.6 Å². The molecule has 0 atom stereocenters. The highest BCUT2D eigenvalue weighted by Crippen LogP contribution is 2.20. The lowest BCUT2D eigenvalue weighted by Gasteiger charge is -2.07. The summed E-state index contributed by atoms with van der Waals surface area (Å²) in [7, 11) is 0. The van der Waals surface area contributed by atoms with Crippen molar-refractivity contribution in [2.45, 2.75) is 6.61 Å². The van der Waals surface area contributed by atoms with Crippen LogP contribution in [0.25, 0.3) is 0 Å². The van der Waals surface area contributed by atoms with E-state index in [-0.39, 0.29) is 12.4 Å². The molecule has 6 heteroatoms. The average molecular weight is 280 g/mol. The lowest BCUT2D eigenvalue weighted by molar-refractivity contribution is 0.299. The van der Waals surface area contributed by atoms with Crippen LogP contribution in [0.2, 0.25) is 0 Å². The third kappa shape index (κ3) is 3.28. The van der Waals surface area contributed by atoms with Gasteiger partial charge in [-0.05, 0) is 11.1 Å². The number of hydrogen-bond donors (Lipinski definition) is 1. The molecule has 0 aliphatic carbocycles. The number of hydrogen-bond acceptors (Lipinski definition) is 3. The molecule has 0 spiro atoms. The van der Waals surface area contributed by atoms with E-state index in [0.717, 1.165) is 23.3 Å². The summed E-state index contributed by atoms with van der Waals surface area (Å²) in [5, 5.41) is 3.38. The number of hydrazone groups is 1. The summed E-state index contributed by atoms with van der Waals surface area (Å²) >= 11 is 0. The fourth-order valence-corrected chi connectivity index (χ4v) is 1.57. The number of halogens is 3. The van der Waals surface area contributed by atoms with Crippen LogP contribution in [0.3, 0.4) is 0 Å². The van der Waals surface area contributed by atoms with E-state index in [4.69, 9.17) is 10.6 Å². The highest BCUT2D eigenvalue weighted by molar-refractivity contribution is 5.79. The summed E-state index contributed by atoms with van der Waals surface area (Å²) in [6.07, 6.45) is 1.48. The molecule has 0 aromatic heterocycles. The molecule has 0 aliphatic heterocycles. The fourth-order valence-electron chi connectivity index (χ4n) is 1.57. The van der Waals surface area contributed by atoms with Gasteiger partial charge in [0, 0.05) is 12.1 Å². The van der Waals surface area contributed by atoms with Crippen LogP contribution < -0.4 is 10.6 Å². The molecule has 0 heterocycles. The molecule has 0 bridgehead atoms. The second kappa shape index (κ2) is 6.10. The summed E-state index contributed by atoms with van der Waals surface area (Å²) < 4.78 is 43.9. The first-order valence-corrected chi connectivity index (χ1v) is 5.69. The maximum absolute atomic E-state index is 13.0. The first kappa shape index (κ1) is 13.9. The quantitative estimate of drug-likeness (QED) is 0.405. The largest absolute Gasteiger partial charge is 0.489 e. The Bertz CT molecular complexity index is 604. The monoisotopic (exact) mass is 280 g/mol. The lowest BCUT2D eigenvalue weighted by Crippen LogP contribution is -1.99. The first-order chi connectivity index (χ1) is 9.60. The van der Waals surface area contributed by atoms with Crippen molar-refractivity contribution in [3.05, 3.63) is 65.0 Å². The van der Waals surface area contributed by atoms with Gasteiger partial charge in [-0.15, -0.1) is 0 Å². The van der Waals surface area contributed by atoms with Gasteiger partial charge in [0.2, 0.25) is 0 Å². The van der Waals surface area contributed by atoms with Gasteiger partial charge in [-0.1, -0.05) is 24.3 Å². The summed E-state index contributed by atoms with van der Waals surface area (Å²) in [5.41, 5.74) is 1.60. The maximum Gasteiger partial charge on any atom is 0.194 e. The van der Waals surface area contributed by atoms with Crippen molar-refractivity contribution >= 4 is 6.21 Å². The predicted octanol–water partition coefficient (Wildman–Crippen LogP) is 2.98. The van der Waals surface area contributed by atoms with E-state index in [1.807, 2.05) is 0 Å². The van der Waals surface area contributed by atoms with Crippen molar-refractivity contribution in [3.63, 3.8) is 0 Å². The molecular weight excluding hydrogens is 269 g/mol. The van der Waals surface area contributed by atoms with Gasteiger partial charge in [-0.2, -0.15) is 5.10 Å². The normalized spacial score (nSPS) is 10.9. The minimum Gasteiger partial charge on any atom is -0.489 e. The molecular formula is C14H11F3N2O. The topological polar surface area (TPSA) is 47.6 Å². The van der Waals surface area contributed by atoms with Crippen LogP contribution in [-0.4, -0.2) is 6.21 Å². The van der Waals surface area contributed by atoms with Gasteiger partial charge in [0.25, 0.3) is 0 Å². The zero-order chi connectivity index (χ0) is 14.5. The van der Waals surface area contributed by atoms with E-state index in [2.05, 4.69) is 5.10 Å². The first-order valence-electron chi connectivity index (χ1n) is 5.69. The number of benzene rings is 2. The Kier molecular flexibility index (Phi) is 4.24. The van der Waals surface area contributed by atoms with Crippen molar-refractivity contribution in [1.29, 1.82) is 0 Å². The van der Waals surface area contributed by atoms with Crippen molar-refractivity contribution in [2.75, 3.05) is 0 Å². The van der Waals surface area contributed by atoms with E-state index in [0.29, 0.717) is 0 Å². The molecule has 0 saturated carbocycles. The number of nitrogens with zero attached hydrogens (tertiary/aromatic N) is 1. The van der Waals surface area contributed by atoms with Crippen molar-refractivity contribution in [2.24, 2.45) is 10.9 Å². The fraction of sp³-hybridized carbons (Fsp3) is 0.0714. The lowest BCUT2D eigenvalue weighted by atomic mass is 10.1. The molecule has 2 aromatic carbocycles. The minimum atomic E-state index is -1.51. The van der Waals surface area contributed by atoms with Gasteiger partial charge in [-0.25, -0.2) is 13.2 Å². The average Bonchev–Trinajstić information content (AvgIpc) is 2.44. The highest BCUT2D eigenvalue weighted by Gasteiger charge is 2.11. The van der Waals surface area contributed by atoms with E-state index >= 15 is 0 Å². The van der Waals surface area contributed by atoms with Crippen LogP contribution >= 0.6 is 0 Å². The molecule has 0 unspecified atom stereocenters. The summed E-state index contributed by atoms with van der Waals surface area (Å²) in [6, 6.07) is 8.64. The van der Waals surface area contributed by atoms with Crippen molar-refractivity contribution in [1.82, 2.24) is 0 Å². The molecule has 20 heavy (non-hydrogen) atoms. The molecule has 0 saturated heterocycles. The van der Waals surface area contributed by atoms with Crippen molar-refractivity contribution in [3.8, 4) is 5.75 Å². The molecule has 0 fully saturated rings. The van der Waals surface area contributed by atoms with Gasteiger partial charge in [0.05, 0.1) is 6.21 Å². The molecule has 0 amide bonds. The number of rotatable bonds is 4. The van der Waals surface area contributed by atoms with E-state index in [1.165, 1.54) is 6.21 Å². The van der Waals surface area contributed by atoms with Gasteiger partial charge >= 0.3 is 0 Å². The third-order valence-corrected chi connectivity index (χ3v) is 2.57. The second-order valence-corrected chi connectivity index (χ2v) is 4.01. The zero-order valence-corrected chi connectivity index (χ0v) is 10.3. The highest BCUT2D eigenvalue weighted by atomic mass is 19.2. The van der Waals surface area contributed by atoms with E-state index in [1.54, 1.807) is 24.3 Å². The summed E-state index contributed by atoms with van der Waals surface area (Å²) in [6.45, 7) is 0.102. The van der Waals surface area contributed by atoms with Gasteiger partial charge in [0.15, 0.2) is 17.5 Å². The Labute approximate surface area is 113 Å². The smallest absolute Gasteiger partial charge is 0.194 e. The minimum absolute atomic E-state index is 0.0750. The Morgan fingerprint density at radius 3 is 2.20 bits per heavy atom. The van der Waals surface area contributed by atoms with Crippen LogP contribution in [0.4, 0.5) is 13.2 Å². The van der Waals surface area contributed by atoms with Gasteiger partial charge in [0.1, 0.15) is 12.4 Å². The molecule has 104 valence electrons. The number of nitrogens with two attached hydrogens (primary N) is 1. The Morgan fingerprint density at radius 2 is 1.65 bits per heavy atom. The van der Waals surface area contributed by atoms with Crippen LogP contribution in [0.5, 0.6) is 5.75 Å². The standard InChI is InChI=1S/C14H11F3N2O/c15-12-5-11(6-13(16)14(12)17)20-8-10-3-1-9(2-4-10)7-19-18/h1-7H,8,18H2.